The second kappa shape index (κ2) is 15.3. The van der Waals surface area contributed by atoms with E-state index in [9.17, 15) is 0 Å². The van der Waals surface area contributed by atoms with Gasteiger partial charge in [-0.25, -0.2) is 0 Å². The van der Waals surface area contributed by atoms with Crippen molar-refractivity contribution in [2.75, 3.05) is 0 Å². The Labute approximate surface area is 337 Å². The quantitative estimate of drug-likeness (QED) is 0.0730. The van der Waals surface area contributed by atoms with E-state index in [-0.39, 0.29) is 5.41 Å². The van der Waals surface area contributed by atoms with Crippen LogP contribution in [0.1, 0.15) is 126 Å². The molecule has 1 spiro atoms. The number of rotatable bonds is 15. The summed E-state index contributed by atoms with van der Waals surface area (Å²) in [6, 6.07) is 45.5. The van der Waals surface area contributed by atoms with E-state index in [0.717, 1.165) is 0 Å². The van der Waals surface area contributed by atoms with E-state index in [1.54, 1.807) is 11.1 Å². The summed E-state index contributed by atoms with van der Waals surface area (Å²) in [5.41, 5.74) is 21.4. The number of pyridine rings is 1. The van der Waals surface area contributed by atoms with Gasteiger partial charge in [0.2, 0.25) is 0 Å². The Morgan fingerprint density at radius 2 is 0.964 bits per heavy atom. The van der Waals surface area contributed by atoms with Crippen molar-refractivity contribution in [3.8, 4) is 44.6 Å². The van der Waals surface area contributed by atoms with Crippen LogP contribution >= 0.6 is 0 Å². The Balaban J connectivity index is 1.17. The van der Waals surface area contributed by atoms with Gasteiger partial charge in [0.25, 0.3) is 0 Å². The zero-order valence-corrected chi connectivity index (χ0v) is 34.5. The first-order valence-electron chi connectivity index (χ1n) is 22.3. The predicted octanol–water partition coefficient (Wildman–Crippen LogP) is 12.5. The van der Waals surface area contributed by atoms with Crippen LogP contribution in [-0.2, 0) is 5.41 Å². The maximum atomic E-state index is 2.65. The van der Waals surface area contributed by atoms with Crippen molar-refractivity contribution in [2.24, 2.45) is 0 Å². The van der Waals surface area contributed by atoms with E-state index in [0.29, 0.717) is 0 Å². The lowest BCUT2D eigenvalue weighted by molar-refractivity contribution is -0.524. The molecule has 2 heteroatoms. The molecule has 56 heavy (non-hydrogen) atoms. The monoisotopic (exact) mass is 733 g/mol. The molecule has 9 rings (SSSR count). The molecule has 3 heterocycles. The second-order valence-corrected chi connectivity index (χ2v) is 17.7. The molecule has 0 bridgehead atoms. The van der Waals surface area contributed by atoms with E-state index >= 15 is 0 Å². The predicted molar refractivity (Wildman–Crippen MR) is 241 cm³/mol. The fourth-order valence-electron chi connectivity index (χ4n) is 11.5. The highest BCUT2D eigenvalue weighted by atomic mass is 14.9. The maximum absolute atomic E-state index is 2.65. The molecule has 1 aliphatic carbocycles. The fraction of sp³-hybridized carbons (Fsp3) is 0.352. The summed E-state index contributed by atoms with van der Waals surface area (Å²) >= 11 is 0. The number of aryl methyl sites for hydroxylation is 2. The number of fused-ring (bicyclic) bond motifs is 13. The second-order valence-electron chi connectivity index (χ2n) is 17.7. The van der Waals surface area contributed by atoms with E-state index in [2.05, 4.69) is 154 Å². The minimum atomic E-state index is -1.40. The summed E-state index contributed by atoms with van der Waals surface area (Å²) in [7, 11) is 0. The lowest BCUT2D eigenvalue weighted by atomic mass is 9.26. The standard InChI is InChI=1S/C54H60BN/c1-5-7-9-11-13-19-33-54(34-20-14-12-10-8-6-2)48-35-39(3)25-29-43(48)44-30-27-41(36-49(44)54)42-28-31-47-52(37-42)55(56-38-40(4)26-32-53(47)56)50-23-17-15-21-45(50)46-22-16-18-24-51(46)55/h15-18,21-32,35-38H,5-14,19-20,33-34H2,1-4H3. The van der Waals surface area contributed by atoms with Crippen LogP contribution in [0.3, 0.4) is 0 Å². The maximum Gasteiger partial charge on any atom is 0.362 e. The van der Waals surface area contributed by atoms with Crippen LogP contribution in [0.25, 0.3) is 44.6 Å². The van der Waals surface area contributed by atoms with Gasteiger partial charge in [-0.15, -0.1) is 16.4 Å². The van der Waals surface area contributed by atoms with E-state index in [4.69, 9.17) is 0 Å². The number of hydrogen-bond acceptors (Lipinski definition) is 0. The van der Waals surface area contributed by atoms with Gasteiger partial charge in [-0.1, -0.05) is 194 Å². The average molecular weight is 734 g/mol. The summed E-state index contributed by atoms with van der Waals surface area (Å²) < 4.78 is 2.65. The number of hydrogen-bond donors (Lipinski definition) is 0. The highest BCUT2D eigenvalue weighted by molar-refractivity contribution is 7.09. The number of unbranched alkanes of at least 4 members (excludes halogenated alkanes) is 10. The third kappa shape index (κ3) is 5.93. The topological polar surface area (TPSA) is 3.88 Å². The van der Waals surface area contributed by atoms with Crippen LogP contribution in [0.2, 0.25) is 0 Å². The van der Waals surface area contributed by atoms with Gasteiger partial charge < -0.3 is 4.48 Å². The highest BCUT2D eigenvalue weighted by Gasteiger charge is 2.54. The molecule has 0 fully saturated rings. The van der Waals surface area contributed by atoms with Crippen molar-refractivity contribution in [2.45, 2.75) is 123 Å². The number of benzene rings is 5. The van der Waals surface area contributed by atoms with Crippen molar-refractivity contribution < 1.29 is 4.48 Å². The van der Waals surface area contributed by atoms with Crippen LogP contribution in [0.15, 0.2) is 121 Å². The molecule has 0 radical (unpaired) electrons. The molecule has 0 atom stereocenters. The average Bonchev–Trinajstić information content (AvgIpc) is 3.79. The van der Waals surface area contributed by atoms with Crippen LogP contribution in [-0.4, -0.2) is 6.28 Å². The molecule has 0 saturated carbocycles. The number of nitrogens with zero attached hydrogens (tertiary/aromatic N) is 1. The van der Waals surface area contributed by atoms with Gasteiger partial charge in [-0.05, 0) is 83.3 Å². The molecular weight excluding hydrogens is 673 g/mol. The first kappa shape index (κ1) is 36.9. The van der Waals surface area contributed by atoms with Crippen molar-refractivity contribution >= 4 is 22.7 Å². The summed E-state index contributed by atoms with van der Waals surface area (Å²) in [6.07, 6.45) is 19.6. The molecule has 2 aliphatic heterocycles. The Kier molecular flexibility index (Phi) is 10.1. The highest BCUT2D eigenvalue weighted by Crippen LogP contribution is 2.55. The van der Waals surface area contributed by atoms with E-state index in [1.807, 2.05) is 0 Å². The van der Waals surface area contributed by atoms with Crippen LogP contribution in [0.4, 0.5) is 0 Å². The molecule has 5 aromatic carbocycles. The molecule has 1 nitrogen and oxygen atoms in total. The summed E-state index contributed by atoms with van der Waals surface area (Å²) in [6.45, 7) is 9.19. The summed E-state index contributed by atoms with van der Waals surface area (Å²) in [4.78, 5) is 0. The summed E-state index contributed by atoms with van der Waals surface area (Å²) in [5.74, 6) is 0. The largest absolute Gasteiger partial charge is 0.408 e. The van der Waals surface area contributed by atoms with Gasteiger partial charge in [-0.2, -0.15) is 0 Å². The van der Waals surface area contributed by atoms with E-state index in [1.165, 1.54) is 162 Å². The molecule has 3 aliphatic rings. The smallest absolute Gasteiger partial charge is 0.362 e. The van der Waals surface area contributed by atoms with Gasteiger partial charge >= 0.3 is 6.28 Å². The Morgan fingerprint density at radius 1 is 0.446 bits per heavy atom. The normalized spacial score (nSPS) is 14.6. The van der Waals surface area contributed by atoms with Gasteiger partial charge in [-0.3, -0.25) is 0 Å². The first-order valence-corrected chi connectivity index (χ1v) is 22.3. The third-order valence-electron chi connectivity index (χ3n) is 14.2. The zero-order chi connectivity index (χ0) is 38.3. The lowest BCUT2D eigenvalue weighted by Crippen LogP contribution is -2.81. The van der Waals surface area contributed by atoms with Crippen molar-refractivity contribution in [3.63, 3.8) is 0 Å². The lowest BCUT2D eigenvalue weighted by Gasteiger charge is -2.33. The van der Waals surface area contributed by atoms with Gasteiger partial charge in [0, 0.05) is 22.6 Å². The van der Waals surface area contributed by atoms with Crippen LogP contribution in [0, 0.1) is 13.8 Å². The Bertz CT molecular complexity index is 2340. The first-order chi connectivity index (χ1) is 27.5. The Morgan fingerprint density at radius 3 is 1.61 bits per heavy atom. The van der Waals surface area contributed by atoms with Gasteiger partial charge in [0.15, 0.2) is 5.69 Å². The van der Waals surface area contributed by atoms with Gasteiger partial charge in [0.1, 0.15) is 6.20 Å². The third-order valence-corrected chi connectivity index (χ3v) is 14.2. The molecule has 0 amide bonds. The molecule has 6 aromatic rings. The molecule has 1 aromatic heterocycles. The van der Waals surface area contributed by atoms with Crippen molar-refractivity contribution in [3.05, 3.63) is 144 Å². The van der Waals surface area contributed by atoms with Crippen LogP contribution < -0.4 is 20.9 Å². The summed E-state index contributed by atoms with van der Waals surface area (Å²) in [5, 5.41) is 0. The molecular formula is C54H60BN. The van der Waals surface area contributed by atoms with E-state index < -0.39 is 6.28 Å². The minimum absolute atomic E-state index is 0.0665. The van der Waals surface area contributed by atoms with Gasteiger partial charge in [0.05, 0.1) is 0 Å². The van der Waals surface area contributed by atoms with Crippen LogP contribution in [0.5, 0.6) is 0 Å². The minimum Gasteiger partial charge on any atom is -0.408 e. The SMILES string of the molecule is CCCCCCCCC1(CCCCCCCC)c2cc(C)ccc2-c2ccc(-c3ccc4c(c3)[B-]3(c5ccccc5-c5ccccc53)[n+]3cc(C)ccc3-4)cc21. The zero-order valence-electron chi connectivity index (χ0n) is 34.5. The van der Waals surface area contributed by atoms with Crippen molar-refractivity contribution in [1.82, 2.24) is 0 Å². The molecule has 0 saturated heterocycles. The molecule has 284 valence electrons. The van der Waals surface area contributed by atoms with Crippen molar-refractivity contribution in [1.29, 1.82) is 0 Å². The Hall–Kier alpha value is -4.69. The fourth-order valence-corrected chi connectivity index (χ4v) is 11.5. The molecule has 0 N–H and O–H groups in total. The molecule has 0 unspecified atom stereocenters. The number of aromatic nitrogens is 1.